The molecule has 1 saturated heterocycles. The molecule has 1 aliphatic rings. The lowest BCUT2D eigenvalue weighted by Gasteiger charge is -2.26. The fourth-order valence-electron chi connectivity index (χ4n) is 2.69. The highest BCUT2D eigenvalue weighted by Crippen LogP contribution is 2.11. The largest absolute Gasteiger partial charge is 0.508 e. The maximum Gasteiger partial charge on any atom is 0.224 e. The second kappa shape index (κ2) is 9.19. The van der Waals surface area contributed by atoms with E-state index in [1.807, 2.05) is 18.2 Å². The minimum atomic E-state index is 0.292. The number of anilines is 2. The first kappa shape index (κ1) is 17.4. The molecule has 2 heterocycles. The molecular formula is C18H25N5O2. The topological polar surface area (TPSA) is 82.5 Å². The molecule has 0 unspecified atom stereocenters. The monoisotopic (exact) mass is 343 g/mol. The van der Waals surface area contributed by atoms with Crippen molar-refractivity contribution in [3.05, 3.63) is 42.1 Å². The van der Waals surface area contributed by atoms with E-state index < -0.39 is 0 Å². The normalized spacial score (nSPS) is 15.0. The molecule has 1 aliphatic heterocycles. The number of ether oxygens (including phenoxy) is 1. The fraction of sp³-hybridized carbons (Fsp3) is 0.444. The Morgan fingerprint density at radius 1 is 1.04 bits per heavy atom. The summed E-state index contributed by atoms with van der Waals surface area (Å²) in [6.45, 7) is 6.16. The number of benzene rings is 1. The van der Waals surface area contributed by atoms with E-state index in [2.05, 4.69) is 25.5 Å². The van der Waals surface area contributed by atoms with Crippen molar-refractivity contribution in [3.63, 3.8) is 0 Å². The highest BCUT2D eigenvalue weighted by Gasteiger charge is 2.09. The molecule has 0 amide bonds. The smallest absolute Gasteiger partial charge is 0.224 e. The van der Waals surface area contributed by atoms with Crippen LogP contribution in [-0.2, 0) is 11.2 Å². The van der Waals surface area contributed by atoms with E-state index in [4.69, 9.17) is 4.74 Å². The van der Waals surface area contributed by atoms with Crippen LogP contribution in [0.4, 0.5) is 11.8 Å². The molecule has 0 aliphatic carbocycles. The Bertz CT molecular complexity index is 644. The summed E-state index contributed by atoms with van der Waals surface area (Å²) in [6.07, 6.45) is 2.62. The van der Waals surface area contributed by atoms with E-state index in [-0.39, 0.29) is 0 Å². The zero-order valence-corrected chi connectivity index (χ0v) is 14.3. The number of aromatic nitrogens is 2. The Balaban J connectivity index is 1.40. The second-order valence-electron chi connectivity index (χ2n) is 5.99. The molecule has 3 N–H and O–H groups in total. The number of hydrogen-bond donors (Lipinski definition) is 3. The minimum absolute atomic E-state index is 0.292. The van der Waals surface area contributed by atoms with Crippen LogP contribution in [0, 0.1) is 0 Å². The Hall–Kier alpha value is -2.38. The SMILES string of the molecule is Oc1ccc(CCNc2ccnc(NCCN3CCOCC3)n2)cc1. The summed E-state index contributed by atoms with van der Waals surface area (Å²) in [4.78, 5) is 11.1. The maximum atomic E-state index is 9.30. The van der Waals surface area contributed by atoms with Crippen molar-refractivity contribution in [3.8, 4) is 5.75 Å². The van der Waals surface area contributed by atoms with Crippen LogP contribution >= 0.6 is 0 Å². The third kappa shape index (κ3) is 5.88. The molecule has 7 nitrogen and oxygen atoms in total. The zero-order valence-electron chi connectivity index (χ0n) is 14.3. The molecular weight excluding hydrogens is 318 g/mol. The van der Waals surface area contributed by atoms with Crippen LogP contribution < -0.4 is 10.6 Å². The molecule has 7 heteroatoms. The summed E-state index contributed by atoms with van der Waals surface area (Å²) in [7, 11) is 0. The summed E-state index contributed by atoms with van der Waals surface area (Å²) in [6, 6.07) is 9.13. The van der Waals surface area contributed by atoms with Gasteiger partial charge in [-0.15, -0.1) is 0 Å². The van der Waals surface area contributed by atoms with E-state index in [1.54, 1.807) is 18.3 Å². The van der Waals surface area contributed by atoms with Crippen molar-refractivity contribution in [2.75, 3.05) is 56.6 Å². The third-order valence-corrected chi connectivity index (χ3v) is 4.13. The van der Waals surface area contributed by atoms with E-state index in [9.17, 15) is 5.11 Å². The third-order valence-electron chi connectivity index (χ3n) is 4.13. The predicted octanol–water partition coefficient (Wildman–Crippen LogP) is 1.58. The molecule has 1 aromatic heterocycles. The fourth-order valence-corrected chi connectivity index (χ4v) is 2.69. The van der Waals surface area contributed by atoms with Crippen LogP contribution in [0.15, 0.2) is 36.5 Å². The van der Waals surface area contributed by atoms with Gasteiger partial charge >= 0.3 is 0 Å². The van der Waals surface area contributed by atoms with Gasteiger partial charge in [0.1, 0.15) is 11.6 Å². The first-order valence-corrected chi connectivity index (χ1v) is 8.68. The molecule has 2 aromatic rings. The van der Waals surface area contributed by atoms with Gasteiger partial charge in [-0.1, -0.05) is 12.1 Å². The maximum absolute atomic E-state index is 9.30. The number of hydrogen-bond acceptors (Lipinski definition) is 7. The van der Waals surface area contributed by atoms with Crippen molar-refractivity contribution in [2.45, 2.75) is 6.42 Å². The summed E-state index contributed by atoms with van der Waals surface area (Å²) in [5.41, 5.74) is 1.17. The number of phenolic OH excluding ortho intramolecular Hbond substituents is 1. The number of nitrogens with one attached hydrogen (secondary N) is 2. The Morgan fingerprint density at radius 3 is 2.64 bits per heavy atom. The lowest BCUT2D eigenvalue weighted by Crippen LogP contribution is -2.39. The highest BCUT2D eigenvalue weighted by molar-refractivity contribution is 5.39. The van der Waals surface area contributed by atoms with Gasteiger partial charge in [0.15, 0.2) is 0 Å². The number of nitrogens with zero attached hydrogens (tertiary/aromatic N) is 3. The van der Waals surface area contributed by atoms with E-state index in [1.165, 1.54) is 5.56 Å². The Morgan fingerprint density at radius 2 is 1.84 bits per heavy atom. The molecule has 0 atom stereocenters. The molecule has 3 rings (SSSR count). The predicted molar refractivity (Wildman–Crippen MR) is 98.1 cm³/mol. The number of aromatic hydroxyl groups is 1. The highest BCUT2D eigenvalue weighted by atomic mass is 16.5. The molecule has 0 spiro atoms. The van der Waals surface area contributed by atoms with Crippen LogP contribution in [0.2, 0.25) is 0 Å². The summed E-state index contributed by atoms with van der Waals surface area (Å²) in [5, 5.41) is 15.9. The Labute approximate surface area is 148 Å². The molecule has 0 radical (unpaired) electrons. The van der Waals surface area contributed by atoms with Crippen molar-refractivity contribution < 1.29 is 9.84 Å². The average Bonchev–Trinajstić information content (AvgIpc) is 2.65. The van der Waals surface area contributed by atoms with Crippen LogP contribution in [0.1, 0.15) is 5.56 Å². The van der Waals surface area contributed by atoms with Crippen LogP contribution in [0.5, 0.6) is 5.75 Å². The first-order chi connectivity index (χ1) is 12.3. The van der Waals surface area contributed by atoms with Gasteiger partial charge in [-0.05, 0) is 30.2 Å². The molecule has 0 bridgehead atoms. The molecule has 134 valence electrons. The number of rotatable bonds is 8. The van der Waals surface area contributed by atoms with Crippen molar-refractivity contribution in [2.24, 2.45) is 0 Å². The van der Waals surface area contributed by atoms with Gasteiger partial charge in [-0.3, -0.25) is 4.90 Å². The number of phenols is 1. The molecule has 1 fully saturated rings. The van der Waals surface area contributed by atoms with Crippen molar-refractivity contribution >= 4 is 11.8 Å². The lowest BCUT2D eigenvalue weighted by molar-refractivity contribution is 0.0398. The van der Waals surface area contributed by atoms with Gasteiger partial charge in [0, 0.05) is 38.9 Å². The molecule has 1 aromatic carbocycles. The summed E-state index contributed by atoms with van der Waals surface area (Å²) in [5.74, 6) is 1.74. The first-order valence-electron chi connectivity index (χ1n) is 8.68. The minimum Gasteiger partial charge on any atom is -0.508 e. The van der Waals surface area contributed by atoms with E-state index in [0.29, 0.717) is 11.7 Å². The van der Waals surface area contributed by atoms with Gasteiger partial charge in [-0.2, -0.15) is 4.98 Å². The van der Waals surface area contributed by atoms with E-state index in [0.717, 1.165) is 58.2 Å². The zero-order chi connectivity index (χ0) is 17.3. The van der Waals surface area contributed by atoms with Crippen LogP contribution in [0.25, 0.3) is 0 Å². The number of morpholine rings is 1. The van der Waals surface area contributed by atoms with Gasteiger partial charge in [0.05, 0.1) is 13.2 Å². The van der Waals surface area contributed by atoms with E-state index >= 15 is 0 Å². The van der Waals surface area contributed by atoms with Crippen LogP contribution in [-0.4, -0.2) is 65.9 Å². The van der Waals surface area contributed by atoms with Gasteiger partial charge in [0.2, 0.25) is 5.95 Å². The Kier molecular flexibility index (Phi) is 6.42. The lowest BCUT2D eigenvalue weighted by atomic mass is 10.1. The second-order valence-corrected chi connectivity index (χ2v) is 5.99. The molecule has 25 heavy (non-hydrogen) atoms. The van der Waals surface area contributed by atoms with Crippen LogP contribution in [0.3, 0.4) is 0 Å². The van der Waals surface area contributed by atoms with Gasteiger partial charge < -0.3 is 20.5 Å². The quantitative estimate of drug-likeness (QED) is 0.671. The van der Waals surface area contributed by atoms with Crippen molar-refractivity contribution in [1.29, 1.82) is 0 Å². The standard InChI is InChI=1S/C18H25N5O2/c24-16-3-1-15(2-4-16)5-7-19-17-6-8-20-18(22-17)21-9-10-23-11-13-25-14-12-23/h1-4,6,8,24H,5,7,9-14H2,(H2,19,20,21,22). The van der Waals surface area contributed by atoms with Crippen molar-refractivity contribution in [1.82, 2.24) is 14.9 Å². The van der Waals surface area contributed by atoms with Gasteiger partial charge in [0.25, 0.3) is 0 Å². The molecule has 0 saturated carbocycles. The van der Waals surface area contributed by atoms with Gasteiger partial charge in [-0.25, -0.2) is 4.98 Å². The summed E-state index contributed by atoms with van der Waals surface area (Å²) >= 11 is 0. The average molecular weight is 343 g/mol. The summed E-state index contributed by atoms with van der Waals surface area (Å²) < 4.78 is 5.35.